The van der Waals surface area contributed by atoms with Crippen molar-refractivity contribution in [1.29, 1.82) is 0 Å². The molecule has 1 aliphatic rings. The Morgan fingerprint density at radius 3 is 2.33 bits per heavy atom. The van der Waals surface area contributed by atoms with Gasteiger partial charge in [-0.1, -0.05) is 66.7 Å². The number of likely N-dealkylation sites (tertiary alicyclic amines) is 1. The number of fused-ring (bicyclic) bond motifs is 1. The molecule has 39 heavy (non-hydrogen) atoms. The maximum Gasteiger partial charge on any atom is 0.220 e. The number of hydrogen-bond donors (Lipinski definition) is 2. The van der Waals surface area contributed by atoms with Gasteiger partial charge in [-0.3, -0.25) is 14.3 Å². The number of piperidine rings is 1. The monoisotopic (exact) mass is 518 g/mol. The van der Waals surface area contributed by atoms with E-state index in [4.69, 9.17) is 15.9 Å². The molecule has 0 aliphatic carbocycles. The molecule has 1 atom stereocenters. The molecule has 1 unspecified atom stereocenters. The van der Waals surface area contributed by atoms with Crippen LogP contribution in [0.1, 0.15) is 41.7 Å². The van der Waals surface area contributed by atoms with Gasteiger partial charge in [0.1, 0.15) is 5.82 Å². The molecule has 0 radical (unpaired) electrons. The molecule has 1 amide bonds. The Morgan fingerprint density at radius 2 is 1.59 bits per heavy atom. The molecule has 2 aromatic heterocycles. The molecule has 6 rings (SSSR count). The van der Waals surface area contributed by atoms with Crippen LogP contribution >= 0.6 is 0 Å². The lowest BCUT2D eigenvalue weighted by molar-refractivity contribution is -0.123. The van der Waals surface area contributed by atoms with Crippen molar-refractivity contribution in [1.82, 2.24) is 24.6 Å². The number of para-hydroxylation sites is 2. The number of amides is 1. The van der Waals surface area contributed by atoms with E-state index in [0.717, 1.165) is 68.0 Å². The molecule has 3 heterocycles. The molecule has 3 aromatic carbocycles. The van der Waals surface area contributed by atoms with Gasteiger partial charge in [-0.2, -0.15) is 0 Å². The summed E-state index contributed by atoms with van der Waals surface area (Å²) >= 11 is 0. The third kappa shape index (κ3) is 5.36. The number of primary amides is 1. The Hall–Kier alpha value is -4.23. The normalized spacial score (nSPS) is 15.5. The molecule has 0 spiro atoms. The second-order valence-electron chi connectivity index (χ2n) is 10.4. The zero-order valence-corrected chi connectivity index (χ0v) is 22.0. The molecule has 1 fully saturated rings. The number of benzene rings is 3. The molecule has 7 heteroatoms. The van der Waals surface area contributed by atoms with Gasteiger partial charge in [-0.25, -0.2) is 0 Å². The first-order valence-corrected chi connectivity index (χ1v) is 13.8. The van der Waals surface area contributed by atoms with Crippen LogP contribution in [0.2, 0.25) is 0 Å². The van der Waals surface area contributed by atoms with E-state index in [2.05, 4.69) is 93.4 Å². The lowest BCUT2D eigenvalue weighted by atomic mass is 9.93. The third-order valence-electron chi connectivity index (χ3n) is 8.01. The van der Waals surface area contributed by atoms with E-state index in [1.165, 1.54) is 16.5 Å². The third-order valence-corrected chi connectivity index (χ3v) is 8.01. The van der Waals surface area contributed by atoms with Crippen molar-refractivity contribution < 1.29 is 4.79 Å². The highest BCUT2D eigenvalue weighted by molar-refractivity contribution is 5.83. The van der Waals surface area contributed by atoms with Crippen LogP contribution in [0.15, 0.2) is 91.1 Å². The number of H-pyrrole nitrogens is 1. The predicted octanol–water partition coefficient (Wildman–Crippen LogP) is 5.01. The Balaban J connectivity index is 1.39. The first-order chi connectivity index (χ1) is 19.2. The van der Waals surface area contributed by atoms with E-state index in [9.17, 15) is 4.79 Å². The fourth-order valence-electron chi connectivity index (χ4n) is 5.86. The number of aromatic nitrogens is 4. The molecule has 0 bridgehead atoms. The smallest absolute Gasteiger partial charge is 0.220 e. The highest BCUT2D eigenvalue weighted by Crippen LogP contribution is 2.33. The summed E-state index contributed by atoms with van der Waals surface area (Å²) in [7, 11) is 0. The number of hydrogen-bond acceptors (Lipinski definition) is 4. The van der Waals surface area contributed by atoms with Gasteiger partial charge < -0.3 is 10.7 Å². The van der Waals surface area contributed by atoms with E-state index in [1.54, 1.807) is 0 Å². The first kappa shape index (κ1) is 25.1. The van der Waals surface area contributed by atoms with Crippen LogP contribution in [-0.4, -0.2) is 43.6 Å². The average Bonchev–Trinajstić information content (AvgIpc) is 3.60. The Morgan fingerprint density at radius 1 is 0.897 bits per heavy atom. The summed E-state index contributed by atoms with van der Waals surface area (Å²) in [6.07, 6.45) is 6.11. The molecular formula is C32H34N6O. The lowest BCUT2D eigenvalue weighted by Gasteiger charge is -2.36. The maximum atomic E-state index is 11.9. The molecule has 5 aromatic rings. The number of carbonyl (C=O) groups excluding carboxylic acids is 1. The summed E-state index contributed by atoms with van der Waals surface area (Å²) in [5.41, 5.74) is 10.4. The van der Waals surface area contributed by atoms with Crippen molar-refractivity contribution in [3.05, 3.63) is 114 Å². The molecule has 198 valence electrons. The summed E-state index contributed by atoms with van der Waals surface area (Å²) in [4.78, 5) is 17.8. The van der Waals surface area contributed by atoms with Gasteiger partial charge in [0.15, 0.2) is 5.82 Å². The van der Waals surface area contributed by atoms with Crippen LogP contribution in [0.25, 0.3) is 16.6 Å². The Kier molecular flexibility index (Phi) is 7.23. The Bertz CT molecular complexity index is 1530. The van der Waals surface area contributed by atoms with Gasteiger partial charge >= 0.3 is 0 Å². The molecule has 7 nitrogen and oxygen atoms in total. The summed E-state index contributed by atoms with van der Waals surface area (Å²) in [5, 5.41) is 10.9. The van der Waals surface area contributed by atoms with Crippen molar-refractivity contribution in [3.8, 4) is 5.69 Å². The molecule has 1 saturated heterocycles. The van der Waals surface area contributed by atoms with Gasteiger partial charge in [0.2, 0.25) is 5.91 Å². The average molecular weight is 519 g/mol. The molecule has 3 N–H and O–H groups in total. The number of nitrogens with zero attached hydrogens (tertiary/aromatic N) is 4. The van der Waals surface area contributed by atoms with Crippen LogP contribution in [-0.2, 0) is 24.1 Å². The van der Waals surface area contributed by atoms with Crippen LogP contribution in [0.3, 0.4) is 0 Å². The minimum Gasteiger partial charge on any atom is -0.369 e. The van der Waals surface area contributed by atoms with Crippen LogP contribution in [0, 0.1) is 5.92 Å². The highest BCUT2D eigenvalue weighted by Gasteiger charge is 2.33. The quantitative estimate of drug-likeness (QED) is 0.287. The summed E-state index contributed by atoms with van der Waals surface area (Å²) < 4.78 is 2.25. The van der Waals surface area contributed by atoms with E-state index < -0.39 is 0 Å². The van der Waals surface area contributed by atoms with Crippen molar-refractivity contribution in [2.45, 2.75) is 38.1 Å². The van der Waals surface area contributed by atoms with E-state index in [0.29, 0.717) is 0 Å². The van der Waals surface area contributed by atoms with E-state index >= 15 is 0 Å². The maximum absolute atomic E-state index is 11.9. The summed E-state index contributed by atoms with van der Waals surface area (Å²) in [5.74, 6) is 1.63. The minimum atomic E-state index is -0.196. The van der Waals surface area contributed by atoms with Gasteiger partial charge in [0.25, 0.3) is 0 Å². The predicted molar refractivity (Wildman–Crippen MR) is 153 cm³/mol. The van der Waals surface area contributed by atoms with Crippen molar-refractivity contribution in [3.63, 3.8) is 0 Å². The minimum absolute atomic E-state index is 0.00351. The fourth-order valence-corrected chi connectivity index (χ4v) is 5.86. The number of nitrogens with one attached hydrogen (secondary N) is 1. The van der Waals surface area contributed by atoms with Crippen LogP contribution < -0.4 is 5.73 Å². The second kappa shape index (κ2) is 11.3. The van der Waals surface area contributed by atoms with E-state index in [1.807, 2.05) is 12.1 Å². The fraction of sp³-hybridized carbons (Fsp3) is 0.281. The van der Waals surface area contributed by atoms with Gasteiger partial charge in [-0.05, 0) is 68.1 Å². The highest BCUT2D eigenvalue weighted by atomic mass is 16.1. The largest absolute Gasteiger partial charge is 0.369 e. The Labute approximate surface area is 228 Å². The number of aryl methyl sites for hydroxylation is 2. The van der Waals surface area contributed by atoms with Crippen molar-refractivity contribution in [2.24, 2.45) is 11.7 Å². The molecule has 1 aliphatic heterocycles. The lowest BCUT2D eigenvalue weighted by Crippen LogP contribution is -2.41. The summed E-state index contributed by atoms with van der Waals surface area (Å²) in [6, 6.07) is 29.4. The van der Waals surface area contributed by atoms with Gasteiger partial charge in [0, 0.05) is 35.1 Å². The van der Waals surface area contributed by atoms with Crippen LogP contribution in [0.4, 0.5) is 0 Å². The van der Waals surface area contributed by atoms with Crippen molar-refractivity contribution >= 4 is 16.8 Å². The molecule has 0 saturated carbocycles. The van der Waals surface area contributed by atoms with E-state index in [-0.39, 0.29) is 17.9 Å². The number of carbonyl (C=O) groups is 1. The number of aromatic amines is 1. The summed E-state index contributed by atoms with van der Waals surface area (Å²) in [6.45, 7) is 1.59. The van der Waals surface area contributed by atoms with Crippen molar-refractivity contribution in [2.75, 3.05) is 13.1 Å². The standard InChI is InChI=1S/C32H34N6O/c33-31(39)24-17-19-37(20-18-24)29(21-25-22-34-28-14-8-7-13-27(25)28)32-36-35-30(16-15-23-9-3-1-4-10-23)38(32)26-11-5-2-6-12-26/h1-14,22,24,29,34H,15-21H2,(H2,33,39). The first-order valence-electron chi connectivity index (χ1n) is 13.8. The molecular weight excluding hydrogens is 484 g/mol. The van der Waals surface area contributed by atoms with Gasteiger partial charge in [0.05, 0.1) is 6.04 Å². The second-order valence-corrected chi connectivity index (χ2v) is 10.4. The topological polar surface area (TPSA) is 92.8 Å². The van der Waals surface area contributed by atoms with Crippen LogP contribution in [0.5, 0.6) is 0 Å². The van der Waals surface area contributed by atoms with Gasteiger partial charge in [-0.15, -0.1) is 10.2 Å². The number of nitrogens with two attached hydrogens (primary N) is 1. The number of rotatable bonds is 9. The zero-order chi connectivity index (χ0) is 26.6. The zero-order valence-electron chi connectivity index (χ0n) is 22.0. The SMILES string of the molecule is NC(=O)C1CCN(C(Cc2c[nH]c3ccccc23)c2nnc(CCc3ccccc3)n2-c2ccccc2)CC1.